The topological polar surface area (TPSA) is 63.8 Å². The number of nitrogen functional groups attached to an aromatic ring is 1. The van der Waals surface area contributed by atoms with Crippen LogP contribution in [0.3, 0.4) is 0 Å². The number of benzene rings is 1. The lowest BCUT2D eigenvalue weighted by molar-refractivity contribution is 0.855. The normalized spacial score (nSPS) is 10.8. The number of halogens is 2. The van der Waals surface area contributed by atoms with Crippen LogP contribution in [0.5, 0.6) is 0 Å². The van der Waals surface area contributed by atoms with E-state index in [1.165, 1.54) is 6.33 Å². The van der Waals surface area contributed by atoms with Crippen molar-refractivity contribution < 1.29 is 0 Å². The number of hydrogen-bond donors (Lipinski definition) is 2. The molecule has 100 valence electrons. The first kappa shape index (κ1) is 14.1. The Labute approximate surface area is 125 Å². The Morgan fingerprint density at radius 3 is 2.68 bits per heavy atom. The fourth-order valence-electron chi connectivity index (χ4n) is 1.79. The van der Waals surface area contributed by atoms with E-state index in [0.29, 0.717) is 16.7 Å². The van der Waals surface area contributed by atoms with E-state index in [-0.39, 0.29) is 5.92 Å². The molecular formula is C13H14BrClN4. The van der Waals surface area contributed by atoms with E-state index >= 15 is 0 Å². The molecule has 0 fully saturated rings. The SMILES string of the molecule is CC(C)c1c(N)ncnc1Nc1ccc(Br)c(Cl)c1. The highest BCUT2D eigenvalue weighted by atomic mass is 79.9. The quantitative estimate of drug-likeness (QED) is 0.871. The fourth-order valence-corrected chi connectivity index (χ4v) is 2.22. The van der Waals surface area contributed by atoms with E-state index < -0.39 is 0 Å². The van der Waals surface area contributed by atoms with Crippen molar-refractivity contribution in [2.24, 2.45) is 0 Å². The third-order valence-corrected chi connectivity index (χ3v) is 3.91. The molecule has 0 aliphatic rings. The van der Waals surface area contributed by atoms with E-state index in [0.717, 1.165) is 15.7 Å². The van der Waals surface area contributed by atoms with Crippen LogP contribution in [0.1, 0.15) is 25.3 Å². The second-order valence-corrected chi connectivity index (χ2v) is 5.69. The first-order valence-electron chi connectivity index (χ1n) is 5.81. The van der Waals surface area contributed by atoms with Gasteiger partial charge in [-0.15, -0.1) is 0 Å². The van der Waals surface area contributed by atoms with Gasteiger partial charge in [-0.2, -0.15) is 0 Å². The van der Waals surface area contributed by atoms with Gasteiger partial charge in [0.2, 0.25) is 0 Å². The summed E-state index contributed by atoms with van der Waals surface area (Å²) in [5, 5.41) is 3.86. The predicted molar refractivity (Wildman–Crippen MR) is 83.0 cm³/mol. The summed E-state index contributed by atoms with van der Waals surface area (Å²) in [6.07, 6.45) is 1.45. The second-order valence-electron chi connectivity index (χ2n) is 4.43. The van der Waals surface area contributed by atoms with Gasteiger partial charge in [0.1, 0.15) is 18.0 Å². The summed E-state index contributed by atoms with van der Waals surface area (Å²) in [6, 6.07) is 5.62. The lowest BCUT2D eigenvalue weighted by atomic mass is 10.0. The number of hydrogen-bond acceptors (Lipinski definition) is 4. The van der Waals surface area contributed by atoms with Crippen LogP contribution in [0, 0.1) is 0 Å². The molecule has 19 heavy (non-hydrogen) atoms. The van der Waals surface area contributed by atoms with E-state index in [1.54, 1.807) is 0 Å². The highest BCUT2D eigenvalue weighted by Crippen LogP contribution is 2.31. The Hall–Kier alpha value is -1.33. The van der Waals surface area contributed by atoms with Crippen LogP contribution in [0.2, 0.25) is 5.02 Å². The molecule has 1 aromatic heterocycles. The molecular weight excluding hydrogens is 328 g/mol. The summed E-state index contributed by atoms with van der Waals surface area (Å²) >= 11 is 9.43. The minimum atomic E-state index is 0.231. The maximum atomic E-state index is 6.07. The molecule has 6 heteroatoms. The third kappa shape index (κ3) is 3.16. The Morgan fingerprint density at radius 1 is 1.32 bits per heavy atom. The number of aromatic nitrogens is 2. The lowest BCUT2D eigenvalue weighted by Crippen LogP contribution is -2.06. The number of anilines is 3. The summed E-state index contributed by atoms with van der Waals surface area (Å²) in [4.78, 5) is 8.28. The van der Waals surface area contributed by atoms with Gasteiger partial charge < -0.3 is 11.1 Å². The van der Waals surface area contributed by atoms with Gasteiger partial charge in [0, 0.05) is 15.7 Å². The number of nitrogens with one attached hydrogen (secondary N) is 1. The molecule has 1 aromatic carbocycles. The van der Waals surface area contributed by atoms with Crippen LogP contribution in [-0.4, -0.2) is 9.97 Å². The molecule has 0 bridgehead atoms. The third-order valence-electron chi connectivity index (χ3n) is 2.67. The minimum absolute atomic E-state index is 0.231. The smallest absolute Gasteiger partial charge is 0.139 e. The van der Waals surface area contributed by atoms with Gasteiger partial charge in [0.25, 0.3) is 0 Å². The van der Waals surface area contributed by atoms with Crippen molar-refractivity contribution in [1.29, 1.82) is 0 Å². The van der Waals surface area contributed by atoms with Crippen molar-refractivity contribution in [2.45, 2.75) is 19.8 Å². The Bertz CT molecular complexity index is 601. The molecule has 0 radical (unpaired) electrons. The van der Waals surface area contributed by atoms with Crippen LogP contribution in [0.25, 0.3) is 0 Å². The first-order valence-corrected chi connectivity index (χ1v) is 6.98. The minimum Gasteiger partial charge on any atom is -0.383 e. The highest BCUT2D eigenvalue weighted by molar-refractivity contribution is 9.10. The zero-order chi connectivity index (χ0) is 14.0. The molecule has 0 saturated carbocycles. The monoisotopic (exact) mass is 340 g/mol. The van der Waals surface area contributed by atoms with Crippen molar-refractivity contribution in [2.75, 3.05) is 11.1 Å². The summed E-state index contributed by atoms with van der Waals surface area (Å²) in [5.74, 6) is 1.44. The van der Waals surface area contributed by atoms with Gasteiger partial charge in [-0.25, -0.2) is 9.97 Å². The number of nitrogens with two attached hydrogens (primary N) is 1. The molecule has 0 atom stereocenters. The maximum absolute atomic E-state index is 6.07. The van der Waals surface area contributed by atoms with Gasteiger partial charge in [-0.1, -0.05) is 25.4 Å². The van der Waals surface area contributed by atoms with Crippen molar-refractivity contribution >= 4 is 44.9 Å². The summed E-state index contributed by atoms with van der Waals surface area (Å²) in [5.41, 5.74) is 7.66. The van der Waals surface area contributed by atoms with Crippen LogP contribution < -0.4 is 11.1 Å². The van der Waals surface area contributed by atoms with Gasteiger partial charge in [0.15, 0.2) is 0 Å². The molecule has 0 aliphatic carbocycles. The van der Waals surface area contributed by atoms with Crippen LogP contribution in [0.15, 0.2) is 29.0 Å². The Morgan fingerprint density at radius 2 is 2.05 bits per heavy atom. The lowest BCUT2D eigenvalue weighted by Gasteiger charge is -2.15. The number of rotatable bonds is 3. The van der Waals surface area contributed by atoms with Gasteiger partial charge in [0.05, 0.1) is 5.02 Å². The molecule has 0 aliphatic heterocycles. The average molecular weight is 342 g/mol. The van der Waals surface area contributed by atoms with Crippen molar-refractivity contribution in [3.8, 4) is 0 Å². The van der Waals surface area contributed by atoms with Crippen molar-refractivity contribution in [1.82, 2.24) is 9.97 Å². The van der Waals surface area contributed by atoms with Gasteiger partial charge >= 0.3 is 0 Å². The molecule has 0 saturated heterocycles. The Balaban J connectivity index is 2.38. The molecule has 0 spiro atoms. The van der Waals surface area contributed by atoms with Crippen molar-refractivity contribution in [3.63, 3.8) is 0 Å². The standard InChI is InChI=1S/C13H14BrClN4/c1-7(2)11-12(16)17-6-18-13(11)19-8-3-4-9(14)10(15)5-8/h3-7H,1-2H3,(H3,16,17,18,19). The van der Waals surface area contributed by atoms with Crippen LogP contribution in [-0.2, 0) is 0 Å². The largest absolute Gasteiger partial charge is 0.383 e. The van der Waals surface area contributed by atoms with E-state index in [4.69, 9.17) is 17.3 Å². The summed E-state index contributed by atoms with van der Waals surface area (Å²) in [7, 11) is 0. The maximum Gasteiger partial charge on any atom is 0.139 e. The summed E-state index contributed by atoms with van der Waals surface area (Å²) in [6.45, 7) is 4.10. The van der Waals surface area contributed by atoms with Crippen LogP contribution >= 0.6 is 27.5 Å². The molecule has 0 amide bonds. The van der Waals surface area contributed by atoms with Gasteiger partial charge in [-0.3, -0.25) is 0 Å². The van der Waals surface area contributed by atoms with Gasteiger partial charge in [-0.05, 0) is 40.0 Å². The molecule has 2 rings (SSSR count). The van der Waals surface area contributed by atoms with Crippen LogP contribution in [0.4, 0.5) is 17.3 Å². The average Bonchev–Trinajstić information content (AvgIpc) is 2.33. The molecule has 2 aromatic rings. The molecule has 1 heterocycles. The fraction of sp³-hybridized carbons (Fsp3) is 0.231. The molecule has 3 N–H and O–H groups in total. The zero-order valence-electron chi connectivity index (χ0n) is 10.6. The van der Waals surface area contributed by atoms with E-state index in [1.807, 2.05) is 18.2 Å². The zero-order valence-corrected chi connectivity index (χ0v) is 13.0. The Kier molecular flexibility index (Phi) is 4.27. The van der Waals surface area contributed by atoms with E-state index in [9.17, 15) is 0 Å². The van der Waals surface area contributed by atoms with E-state index in [2.05, 4.69) is 45.1 Å². The predicted octanol–water partition coefficient (Wildman–Crippen LogP) is 4.34. The summed E-state index contributed by atoms with van der Waals surface area (Å²) < 4.78 is 0.853. The molecule has 4 nitrogen and oxygen atoms in total. The number of nitrogens with zero attached hydrogens (tertiary/aromatic N) is 2. The first-order chi connectivity index (χ1) is 8.99. The molecule has 0 unspecified atom stereocenters. The highest BCUT2D eigenvalue weighted by Gasteiger charge is 2.13. The second kappa shape index (κ2) is 5.75. The van der Waals surface area contributed by atoms with Crippen molar-refractivity contribution in [3.05, 3.63) is 39.6 Å².